The van der Waals surface area contributed by atoms with Gasteiger partial charge in [-0.05, 0) is 29.8 Å². The maximum Gasteiger partial charge on any atom is 0.328 e. The van der Waals surface area contributed by atoms with Gasteiger partial charge in [0, 0.05) is 12.5 Å². The molecule has 23 heavy (non-hydrogen) atoms. The molecule has 0 saturated heterocycles. The van der Waals surface area contributed by atoms with Crippen molar-refractivity contribution in [1.82, 2.24) is 0 Å². The van der Waals surface area contributed by atoms with Crippen LogP contribution in [0.1, 0.15) is 12.0 Å². The van der Waals surface area contributed by atoms with E-state index in [1.807, 2.05) is 0 Å². The summed E-state index contributed by atoms with van der Waals surface area (Å²) in [5.74, 6) is -3.28. The summed E-state index contributed by atoms with van der Waals surface area (Å²) in [6, 6.07) is 7.12. The van der Waals surface area contributed by atoms with Crippen LogP contribution in [-0.2, 0) is 4.79 Å². The summed E-state index contributed by atoms with van der Waals surface area (Å²) in [4.78, 5) is 11.4. The fourth-order valence-electron chi connectivity index (χ4n) is 2.41. The molecule has 2 aromatic carbocycles. The van der Waals surface area contributed by atoms with Crippen LogP contribution in [0.15, 0.2) is 47.6 Å². The van der Waals surface area contributed by atoms with Crippen LogP contribution >= 0.6 is 0 Å². The standard InChI is InChI=1S/C16H11F3N2O2/c17-10-3-1-9(2-4-10)13-8-15(16(22)23)21(20-13)14-6-5-11(18)7-12(14)19/h1-7,15H,8H2,(H,22,23). The second kappa shape index (κ2) is 5.75. The monoisotopic (exact) mass is 320 g/mol. The van der Waals surface area contributed by atoms with Crippen molar-refractivity contribution in [3.05, 3.63) is 65.5 Å². The normalized spacial score (nSPS) is 17.3. The van der Waals surface area contributed by atoms with Gasteiger partial charge in [-0.15, -0.1) is 0 Å². The number of carbonyl (C=O) groups is 1. The molecule has 118 valence electrons. The molecule has 1 aliphatic rings. The van der Waals surface area contributed by atoms with E-state index in [0.717, 1.165) is 17.1 Å². The second-order valence-electron chi connectivity index (χ2n) is 5.05. The molecule has 0 bridgehead atoms. The van der Waals surface area contributed by atoms with Gasteiger partial charge in [-0.2, -0.15) is 5.10 Å². The molecule has 2 aromatic rings. The van der Waals surface area contributed by atoms with Crippen LogP contribution in [0.4, 0.5) is 18.9 Å². The van der Waals surface area contributed by atoms with Crippen LogP contribution in [0.3, 0.4) is 0 Å². The Balaban J connectivity index is 2.01. The first kappa shape index (κ1) is 15.1. The molecule has 0 radical (unpaired) electrons. The number of rotatable bonds is 3. The predicted molar refractivity (Wildman–Crippen MR) is 77.8 cm³/mol. The zero-order valence-corrected chi connectivity index (χ0v) is 11.7. The van der Waals surface area contributed by atoms with Gasteiger partial charge in [-0.3, -0.25) is 0 Å². The number of benzene rings is 2. The number of hydrazone groups is 1. The molecule has 3 rings (SSSR count). The molecule has 0 saturated carbocycles. The smallest absolute Gasteiger partial charge is 0.328 e. The third-order valence-electron chi connectivity index (χ3n) is 3.53. The third-order valence-corrected chi connectivity index (χ3v) is 3.53. The van der Waals surface area contributed by atoms with Gasteiger partial charge in [-0.25, -0.2) is 23.0 Å². The van der Waals surface area contributed by atoms with Crippen LogP contribution in [0.25, 0.3) is 0 Å². The minimum absolute atomic E-state index is 0.0256. The summed E-state index contributed by atoms with van der Waals surface area (Å²) in [6.45, 7) is 0. The van der Waals surface area contributed by atoms with Crippen LogP contribution < -0.4 is 5.01 Å². The molecule has 1 heterocycles. The summed E-state index contributed by atoms with van der Waals surface area (Å²) in [5.41, 5.74) is 0.805. The molecular weight excluding hydrogens is 309 g/mol. The summed E-state index contributed by atoms with van der Waals surface area (Å²) >= 11 is 0. The Kier molecular flexibility index (Phi) is 3.77. The van der Waals surface area contributed by atoms with Crippen molar-refractivity contribution in [2.24, 2.45) is 5.10 Å². The van der Waals surface area contributed by atoms with Crippen LogP contribution in [0.5, 0.6) is 0 Å². The molecule has 0 aliphatic carbocycles. The Hall–Kier alpha value is -2.83. The van der Waals surface area contributed by atoms with Gasteiger partial charge in [0.15, 0.2) is 11.9 Å². The summed E-state index contributed by atoms with van der Waals surface area (Å²) in [7, 11) is 0. The molecule has 0 fully saturated rings. The van der Waals surface area contributed by atoms with Crippen molar-refractivity contribution in [2.75, 3.05) is 5.01 Å². The molecule has 1 atom stereocenters. The quantitative estimate of drug-likeness (QED) is 0.945. The van der Waals surface area contributed by atoms with E-state index < -0.39 is 29.5 Å². The van der Waals surface area contributed by atoms with E-state index >= 15 is 0 Å². The number of nitrogens with zero attached hydrogens (tertiary/aromatic N) is 2. The fraction of sp³-hybridized carbons (Fsp3) is 0.125. The molecule has 1 aliphatic heterocycles. The van der Waals surface area contributed by atoms with E-state index in [1.165, 1.54) is 24.3 Å². The lowest BCUT2D eigenvalue weighted by Crippen LogP contribution is -2.34. The average Bonchev–Trinajstić information content (AvgIpc) is 2.93. The van der Waals surface area contributed by atoms with Gasteiger partial charge in [0.05, 0.1) is 11.4 Å². The molecule has 1 N–H and O–H groups in total. The summed E-state index contributed by atoms with van der Waals surface area (Å²) in [6.07, 6.45) is 0.0256. The van der Waals surface area contributed by atoms with Gasteiger partial charge in [0.2, 0.25) is 0 Å². The first-order chi connectivity index (χ1) is 11.0. The average molecular weight is 320 g/mol. The van der Waals surface area contributed by atoms with Crippen LogP contribution in [0.2, 0.25) is 0 Å². The fourth-order valence-corrected chi connectivity index (χ4v) is 2.41. The van der Waals surface area contributed by atoms with E-state index in [2.05, 4.69) is 5.10 Å². The minimum Gasteiger partial charge on any atom is -0.480 e. The third kappa shape index (κ3) is 2.90. The number of aliphatic carboxylic acids is 1. The molecule has 0 amide bonds. The van der Waals surface area contributed by atoms with Gasteiger partial charge in [0.1, 0.15) is 11.6 Å². The van der Waals surface area contributed by atoms with Gasteiger partial charge in [0.25, 0.3) is 0 Å². The highest BCUT2D eigenvalue weighted by Crippen LogP contribution is 2.29. The Labute approximate surface area is 129 Å². The van der Waals surface area contributed by atoms with Gasteiger partial charge < -0.3 is 5.11 Å². The minimum atomic E-state index is -1.19. The molecule has 0 aromatic heterocycles. The first-order valence-electron chi connectivity index (χ1n) is 6.76. The molecule has 0 spiro atoms. The lowest BCUT2D eigenvalue weighted by molar-refractivity contribution is -0.138. The SMILES string of the molecule is O=C(O)C1CC(c2ccc(F)cc2)=NN1c1ccc(F)cc1F. The largest absolute Gasteiger partial charge is 0.480 e. The maximum atomic E-state index is 13.9. The van der Waals surface area contributed by atoms with E-state index in [9.17, 15) is 23.1 Å². The van der Waals surface area contributed by atoms with Crippen molar-refractivity contribution in [2.45, 2.75) is 12.5 Å². The van der Waals surface area contributed by atoms with E-state index in [4.69, 9.17) is 0 Å². The van der Waals surface area contributed by atoms with Crippen molar-refractivity contribution in [1.29, 1.82) is 0 Å². The van der Waals surface area contributed by atoms with Crippen LogP contribution in [-0.4, -0.2) is 22.8 Å². The molecule has 1 unspecified atom stereocenters. The highest BCUT2D eigenvalue weighted by atomic mass is 19.1. The number of carboxylic acids is 1. The van der Waals surface area contributed by atoms with E-state index in [1.54, 1.807) is 0 Å². The number of anilines is 1. The highest BCUT2D eigenvalue weighted by molar-refractivity contribution is 6.06. The molecular formula is C16H11F3N2O2. The maximum absolute atomic E-state index is 13.9. The Morgan fingerprint density at radius 2 is 1.74 bits per heavy atom. The lowest BCUT2D eigenvalue weighted by Gasteiger charge is -2.20. The summed E-state index contributed by atoms with van der Waals surface area (Å²) in [5, 5.41) is 14.5. The lowest BCUT2D eigenvalue weighted by atomic mass is 10.0. The summed E-state index contributed by atoms with van der Waals surface area (Å²) < 4.78 is 39.9. The zero-order chi connectivity index (χ0) is 16.6. The number of hydrogen-bond acceptors (Lipinski definition) is 3. The Morgan fingerprint density at radius 1 is 1.09 bits per heavy atom. The van der Waals surface area contributed by atoms with Crippen molar-refractivity contribution >= 4 is 17.4 Å². The van der Waals surface area contributed by atoms with E-state index in [0.29, 0.717) is 17.3 Å². The van der Waals surface area contributed by atoms with Crippen LogP contribution in [0, 0.1) is 17.5 Å². The Bertz CT molecular complexity index is 790. The zero-order valence-electron chi connectivity index (χ0n) is 11.7. The topological polar surface area (TPSA) is 52.9 Å². The van der Waals surface area contributed by atoms with Crippen molar-refractivity contribution in [3.63, 3.8) is 0 Å². The number of hydrogen-bond donors (Lipinski definition) is 1. The second-order valence-corrected chi connectivity index (χ2v) is 5.05. The van der Waals surface area contributed by atoms with Crippen molar-refractivity contribution < 1.29 is 23.1 Å². The number of carboxylic acid groups (broad SMARTS) is 1. The Morgan fingerprint density at radius 3 is 2.35 bits per heavy atom. The highest BCUT2D eigenvalue weighted by Gasteiger charge is 2.35. The van der Waals surface area contributed by atoms with E-state index in [-0.39, 0.29) is 12.1 Å². The molecule has 7 heteroatoms. The van der Waals surface area contributed by atoms with Crippen molar-refractivity contribution in [3.8, 4) is 0 Å². The first-order valence-corrected chi connectivity index (χ1v) is 6.76. The number of halogens is 3. The van der Waals surface area contributed by atoms with Gasteiger partial charge >= 0.3 is 5.97 Å². The van der Waals surface area contributed by atoms with Gasteiger partial charge in [-0.1, -0.05) is 12.1 Å². The molecule has 4 nitrogen and oxygen atoms in total. The predicted octanol–water partition coefficient (Wildman–Crippen LogP) is 3.17.